The molecule has 2 aromatic carbocycles. The van der Waals surface area contributed by atoms with E-state index in [2.05, 4.69) is 4.99 Å². The molecule has 166 valence electrons. The van der Waals surface area contributed by atoms with Crippen LogP contribution in [0.1, 0.15) is 16.7 Å². The van der Waals surface area contributed by atoms with Crippen LogP contribution in [0.3, 0.4) is 0 Å². The number of aliphatic imine (C=N–C) groups is 1. The number of carbonyl (C=O) groups excluding carboxylic acids is 1. The van der Waals surface area contributed by atoms with Crippen molar-refractivity contribution in [2.24, 2.45) is 4.99 Å². The molecular weight excluding hydrogens is 444 g/mol. The lowest BCUT2D eigenvalue weighted by molar-refractivity contribution is -0.137. The molecule has 0 bridgehead atoms. The molecule has 0 aliphatic carbocycles. The molecule has 0 radical (unpaired) electrons. The van der Waals surface area contributed by atoms with Crippen molar-refractivity contribution in [3.05, 3.63) is 65.2 Å². The lowest BCUT2D eigenvalue weighted by Crippen LogP contribution is -2.53. The highest BCUT2D eigenvalue weighted by Gasteiger charge is 2.40. The van der Waals surface area contributed by atoms with Crippen LogP contribution in [0.2, 0.25) is 0 Å². The predicted molar refractivity (Wildman–Crippen MR) is 107 cm³/mol. The molecule has 1 aliphatic rings. The smallest absolute Gasteiger partial charge is 0.284 e. The molecule has 1 saturated heterocycles. The number of hydrogen-bond acceptors (Lipinski definition) is 3. The molecular formula is C20H17F6N3OS. The fourth-order valence-electron chi connectivity index (χ4n) is 2.80. The van der Waals surface area contributed by atoms with E-state index in [-0.39, 0.29) is 17.6 Å². The highest BCUT2D eigenvalue weighted by Crippen LogP contribution is 2.31. The molecule has 0 unspecified atom stereocenters. The maximum atomic E-state index is 13.1. The standard InChI is InChI=1S/C20H17F6N3OS/c1-13-2-8-16(9-3-13)29-12-31-17(28(18(29)30)11-19(21,22)23)27-10-14-4-6-15(7-5-14)20(24,25)26/h2-9H,10-12H2,1H3. The monoisotopic (exact) mass is 461 g/mol. The number of thioether (sulfide) groups is 1. The maximum Gasteiger partial charge on any atom is 0.416 e. The Kier molecular flexibility index (Phi) is 6.54. The molecule has 1 heterocycles. The molecule has 3 rings (SSSR count). The third-order valence-corrected chi connectivity index (χ3v) is 5.37. The third-order valence-electron chi connectivity index (χ3n) is 4.38. The normalized spacial score (nSPS) is 16.9. The van der Waals surface area contributed by atoms with Crippen LogP contribution in [0, 0.1) is 6.92 Å². The van der Waals surface area contributed by atoms with E-state index in [1.807, 2.05) is 6.92 Å². The van der Waals surface area contributed by atoms with Crippen molar-refractivity contribution in [2.75, 3.05) is 17.3 Å². The predicted octanol–water partition coefficient (Wildman–Crippen LogP) is 6.07. The first-order chi connectivity index (χ1) is 14.4. The number of urea groups is 1. The van der Waals surface area contributed by atoms with E-state index in [1.54, 1.807) is 24.3 Å². The van der Waals surface area contributed by atoms with Gasteiger partial charge in [0, 0.05) is 5.69 Å². The molecule has 31 heavy (non-hydrogen) atoms. The first kappa shape index (κ1) is 23.0. The average molecular weight is 461 g/mol. The van der Waals surface area contributed by atoms with Crippen molar-refractivity contribution in [1.82, 2.24) is 4.90 Å². The molecule has 4 nitrogen and oxygen atoms in total. The van der Waals surface area contributed by atoms with Crippen LogP contribution in [-0.4, -0.2) is 34.7 Å². The van der Waals surface area contributed by atoms with Gasteiger partial charge in [0.05, 0.1) is 18.0 Å². The number of nitrogens with zero attached hydrogens (tertiary/aromatic N) is 3. The zero-order valence-corrected chi connectivity index (χ0v) is 17.0. The number of halogens is 6. The van der Waals surface area contributed by atoms with E-state index in [0.717, 1.165) is 29.5 Å². The summed E-state index contributed by atoms with van der Waals surface area (Å²) in [4.78, 5) is 18.6. The van der Waals surface area contributed by atoms with Crippen molar-refractivity contribution in [3.63, 3.8) is 0 Å². The van der Waals surface area contributed by atoms with Crippen LogP contribution >= 0.6 is 11.8 Å². The van der Waals surface area contributed by atoms with Gasteiger partial charge in [-0.15, -0.1) is 0 Å². The summed E-state index contributed by atoms with van der Waals surface area (Å²) in [6, 6.07) is 10.1. The molecule has 1 aliphatic heterocycles. The van der Waals surface area contributed by atoms with Crippen LogP contribution < -0.4 is 4.90 Å². The van der Waals surface area contributed by atoms with E-state index in [0.29, 0.717) is 16.2 Å². The SMILES string of the molecule is Cc1ccc(N2CSC(=NCc3ccc(C(F)(F)F)cc3)N(CC(F)(F)F)C2=O)cc1. The van der Waals surface area contributed by atoms with Gasteiger partial charge in [0.2, 0.25) is 0 Å². The second kappa shape index (κ2) is 8.81. The van der Waals surface area contributed by atoms with Gasteiger partial charge in [-0.2, -0.15) is 26.3 Å². The van der Waals surface area contributed by atoms with Gasteiger partial charge in [0.15, 0.2) is 5.17 Å². The topological polar surface area (TPSA) is 35.9 Å². The number of hydrogen-bond donors (Lipinski definition) is 0. The van der Waals surface area contributed by atoms with Crippen LogP contribution in [-0.2, 0) is 12.7 Å². The van der Waals surface area contributed by atoms with E-state index < -0.39 is 30.5 Å². The number of amidine groups is 1. The maximum absolute atomic E-state index is 13.1. The third kappa shape index (κ3) is 5.93. The lowest BCUT2D eigenvalue weighted by Gasteiger charge is -2.36. The number of carbonyl (C=O) groups is 1. The van der Waals surface area contributed by atoms with Gasteiger partial charge in [0.1, 0.15) is 6.54 Å². The lowest BCUT2D eigenvalue weighted by atomic mass is 10.1. The Hall–Kier alpha value is -2.69. The number of aryl methyl sites for hydroxylation is 1. The summed E-state index contributed by atoms with van der Waals surface area (Å²) in [6.07, 6.45) is -9.14. The van der Waals surface area contributed by atoms with E-state index >= 15 is 0 Å². The van der Waals surface area contributed by atoms with Crippen molar-refractivity contribution in [1.29, 1.82) is 0 Å². The van der Waals surface area contributed by atoms with Crippen molar-refractivity contribution >= 4 is 28.6 Å². The highest BCUT2D eigenvalue weighted by molar-refractivity contribution is 8.14. The summed E-state index contributed by atoms with van der Waals surface area (Å²) in [6.45, 7) is 0.165. The molecule has 0 atom stereocenters. The Morgan fingerprint density at radius 1 is 0.968 bits per heavy atom. The molecule has 2 amide bonds. The molecule has 0 spiro atoms. The van der Waals surface area contributed by atoms with Crippen LogP contribution in [0.25, 0.3) is 0 Å². The second-order valence-electron chi connectivity index (χ2n) is 6.81. The molecule has 2 aromatic rings. The van der Waals surface area contributed by atoms with Crippen LogP contribution in [0.4, 0.5) is 36.8 Å². The fraction of sp³-hybridized carbons (Fsp3) is 0.300. The van der Waals surface area contributed by atoms with Gasteiger partial charge >= 0.3 is 18.4 Å². The van der Waals surface area contributed by atoms with Crippen molar-refractivity contribution in [2.45, 2.75) is 25.8 Å². The number of rotatable bonds is 4. The molecule has 0 saturated carbocycles. The van der Waals surface area contributed by atoms with Crippen molar-refractivity contribution < 1.29 is 31.1 Å². The minimum atomic E-state index is -4.65. The largest absolute Gasteiger partial charge is 0.416 e. The second-order valence-corrected chi connectivity index (χ2v) is 7.73. The molecule has 0 N–H and O–H groups in total. The summed E-state index contributed by atoms with van der Waals surface area (Å²) >= 11 is 0.951. The van der Waals surface area contributed by atoms with Crippen LogP contribution in [0.5, 0.6) is 0 Å². The minimum absolute atomic E-state index is 0.0576. The first-order valence-corrected chi connectivity index (χ1v) is 9.98. The van der Waals surface area contributed by atoms with Gasteiger partial charge in [-0.3, -0.25) is 14.8 Å². The Bertz CT molecular complexity index is 955. The van der Waals surface area contributed by atoms with E-state index in [1.165, 1.54) is 17.0 Å². The Labute approximate surface area is 178 Å². The quantitative estimate of drug-likeness (QED) is 0.519. The minimum Gasteiger partial charge on any atom is -0.284 e. The van der Waals surface area contributed by atoms with Gasteiger partial charge < -0.3 is 0 Å². The van der Waals surface area contributed by atoms with Gasteiger partial charge in [-0.1, -0.05) is 41.6 Å². The Morgan fingerprint density at radius 3 is 2.13 bits per heavy atom. The van der Waals surface area contributed by atoms with Gasteiger partial charge in [-0.05, 0) is 36.8 Å². The highest BCUT2D eigenvalue weighted by atomic mass is 32.2. The summed E-state index contributed by atoms with van der Waals surface area (Å²) < 4.78 is 77.3. The van der Waals surface area contributed by atoms with E-state index in [4.69, 9.17) is 0 Å². The van der Waals surface area contributed by atoms with Gasteiger partial charge in [0.25, 0.3) is 0 Å². The molecule has 11 heteroatoms. The summed E-state index contributed by atoms with van der Waals surface area (Å²) in [5.74, 6) is 0.0576. The average Bonchev–Trinajstić information content (AvgIpc) is 2.68. The van der Waals surface area contributed by atoms with Crippen LogP contribution in [0.15, 0.2) is 53.5 Å². The first-order valence-electron chi connectivity index (χ1n) is 9.00. The summed E-state index contributed by atoms with van der Waals surface area (Å²) in [5, 5.41) is -0.134. The number of alkyl halides is 6. The van der Waals surface area contributed by atoms with Gasteiger partial charge in [-0.25, -0.2) is 4.79 Å². The zero-order chi connectivity index (χ0) is 22.8. The number of benzene rings is 2. The molecule has 0 aromatic heterocycles. The number of amides is 2. The summed E-state index contributed by atoms with van der Waals surface area (Å²) in [5.41, 5.74) is 0.934. The summed E-state index contributed by atoms with van der Waals surface area (Å²) in [7, 11) is 0. The zero-order valence-electron chi connectivity index (χ0n) is 16.2. The van der Waals surface area contributed by atoms with E-state index in [9.17, 15) is 31.1 Å². The Morgan fingerprint density at radius 2 is 1.58 bits per heavy atom. The number of anilines is 1. The fourth-order valence-corrected chi connectivity index (χ4v) is 3.75. The Balaban J connectivity index is 1.81. The van der Waals surface area contributed by atoms with Crippen molar-refractivity contribution in [3.8, 4) is 0 Å². The molecule has 1 fully saturated rings.